The Bertz CT molecular complexity index is 439. The second-order valence-corrected chi connectivity index (χ2v) is 3.74. The summed E-state index contributed by atoms with van der Waals surface area (Å²) in [5, 5.41) is 2.59. The number of fused-ring (bicyclic) bond motifs is 1. The van der Waals surface area contributed by atoms with Crippen LogP contribution in [0.1, 0.15) is 18.4 Å². The van der Waals surface area contributed by atoms with E-state index < -0.39 is 0 Å². The van der Waals surface area contributed by atoms with Crippen molar-refractivity contribution in [3.8, 4) is 0 Å². The molecule has 0 amide bonds. The lowest BCUT2D eigenvalue weighted by atomic mass is 9.98. The van der Waals surface area contributed by atoms with Crippen LogP contribution in [0.4, 0.5) is 0 Å². The van der Waals surface area contributed by atoms with Crippen molar-refractivity contribution in [1.29, 1.82) is 0 Å². The molecular formula is C13H16ClN. The largest absolute Gasteiger partial charge is 0.330 e. The predicted molar refractivity (Wildman–Crippen MR) is 68.7 cm³/mol. The van der Waals surface area contributed by atoms with Crippen LogP contribution < -0.4 is 5.73 Å². The highest BCUT2D eigenvalue weighted by Crippen LogP contribution is 2.20. The lowest BCUT2D eigenvalue weighted by molar-refractivity contribution is 0.775. The summed E-state index contributed by atoms with van der Waals surface area (Å²) in [4.78, 5) is 0. The Balaban J connectivity index is 0.00000112. The van der Waals surface area contributed by atoms with Gasteiger partial charge < -0.3 is 5.73 Å². The molecule has 1 nitrogen and oxygen atoms in total. The molecule has 0 heterocycles. The van der Waals surface area contributed by atoms with Gasteiger partial charge in [0.1, 0.15) is 0 Å². The van der Waals surface area contributed by atoms with E-state index in [0.717, 1.165) is 0 Å². The van der Waals surface area contributed by atoms with E-state index in [4.69, 9.17) is 5.73 Å². The van der Waals surface area contributed by atoms with E-state index >= 15 is 0 Å². The van der Waals surface area contributed by atoms with E-state index in [-0.39, 0.29) is 12.4 Å². The summed E-state index contributed by atoms with van der Waals surface area (Å²) in [5.74, 6) is 0.444. The predicted octanol–water partition coefficient (Wildman–Crippen LogP) is 3.32. The van der Waals surface area contributed by atoms with Crippen molar-refractivity contribution in [3.63, 3.8) is 0 Å². The van der Waals surface area contributed by atoms with Crippen LogP contribution in [0.25, 0.3) is 10.8 Å². The zero-order chi connectivity index (χ0) is 9.97. The van der Waals surface area contributed by atoms with Crippen LogP contribution in [0.3, 0.4) is 0 Å². The molecule has 0 aromatic heterocycles. The summed E-state index contributed by atoms with van der Waals surface area (Å²) in [7, 11) is 0. The first kappa shape index (κ1) is 12.0. The number of benzene rings is 2. The minimum atomic E-state index is 0. The van der Waals surface area contributed by atoms with E-state index in [9.17, 15) is 0 Å². The molecule has 0 bridgehead atoms. The zero-order valence-electron chi connectivity index (χ0n) is 8.81. The van der Waals surface area contributed by atoms with Gasteiger partial charge in [0.2, 0.25) is 0 Å². The van der Waals surface area contributed by atoms with Crippen LogP contribution in [-0.2, 0) is 0 Å². The Kier molecular flexibility index (Phi) is 4.13. The minimum absolute atomic E-state index is 0. The van der Waals surface area contributed by atoms with Crippen LogP contribution in [0.5, 0.6) is 0 Å². The monoisotopic (exact) mass is 221 g/mol. The second-order valence-electron chi connectivity index (χ2n) is 3.74. The SMILES string of the molecule is CC(CN)c1ccc2ccccc2c1.Cl. The molecule has 0 radical (unpaired) electrons. The zero-order valence-corrected chi connectivity index (χ0v) is 9.63. The molecule has 1 unspecified atom stereocenters. The molecule has 0 saturated heterocycles. The molecule has 0 aliphatic rings. The van der Waals surface area contributed by atoms with Crippen LogP contribution in [-0.4, -0.2) is 6.54 Å². The van der Waals surface area contributed by atoms with Gasteiger partial charge in [-0.2, -0.15) is 0 Å². The quantitative estimate of drug-likeness (QED) is 0.827. The maximum atomic E-state index is 5.65. The highest BCUT2D eigenvalue weighted by Gasteiger charge is 2.02. The molecule has 0 spiro atoms. The van der Waals surface area contributed by atoms with Gasteiger partial charge in [-0.3, -0.25) is 0 Å². The van der Waals surface area contributed by atoms with E-state index in [2.05, 4.69) is 49.4 Å². The summed E-state index contributed by atoms with van der Waals surface area (Å²) in [6, 6.07) is 15.0. The third-order valence-electron chi connectivity index (χ3n) is 2.70. The fourth-order valence-electron chi connectivity index (χ4n) is 1.65. The van der Waals surface area contributed by atoms with Gasteiger partial charge in [0.05, 0.1) is 0 Å². The normalized spacial score (nSPS) is 12.1. The van der Waals surface area contributed by atoms with Crippen LogP contribution in [0.15, 0.2) is 42.5 Å². The van der Waals surface area contributed by atoms with Gasteiger partial charge in [-0.05, 0) is 28.8 Å². The topological polar surface area (TPSA) is 26.0 Å². The lowest BCUT2D eigenvalue weighted by Crippen LogP contribution is -2.08. The van der Waals surface area contributed by atoms with Crippen LogP contribution in [0.2, 0.25) is 0 Å². The molecule has 2 N–H and O–H groups in total. The van der Waals surface area contributed by atoms with Crippen molar-refractivity contribution in [2.45, 2.75) is 12.8 Å². The van der Waals surface area contributed by atoms with Crippen LogP contribution in [0, 0.1) is 0 Å². The molecule has 80 valence electrons. The number of nitrogens with two attached hydrogens (primary N) is 1. The fraction of sp³-hybridized carbons (Fsp3) is 0.231. The first-order valence-corrected chi connectivity index (χ1v) is 5.00. The van der Waals surface area contributed by atoms with Crippen molar-refractivity contribution in [1.82, 2.24) is 0 Å². The Morgan fingerprint density at radius 1 is 1.07 bits per heavy atom. The molecule has 2 aromatic carbocycles. The number of halogens is 1. The van der Waals surface area contributed by atoms with E-state index in [1.807, 2.05) is 0 Å². The standard InChI is InChI=1S/C13H15N.ClH/c1-10(9-14)12-7-6-11-4-2-3-5-13(11)8-12;/h2-8,10H,9,14H2,1H3;1H. The highest BCUT2D eigenvalue weighted by molar-refractivity contribution is 5.85. The Morgan fingerprint density at radius 3 is 2.40 bits per heavy atom. The van der Waals surface area contributed by atoms with E-state index in [1.54, 1.807) is 0 Å². The van der Waals surface area contributed by atoms with Crippen molar-refractivity contribution in [2.75, 3.05) is 6.54 Å². The highest BCUT2D eigenvalue weighted by atomic mass is 35.5. The average molecular weight is 222 g/mol. The summed E-state index contributed by atoms with van der Waals surface area (Å²) in [5.41, 5.74) is 6.97. The van der Waals surface area contributed by atoms with Gasteiger partial charge in [-0.25, -0.2) is 0 Å². The van der Waals surface area contributed by atoms with Gasteiger partial charge in [0.15, 0.2) is 0 Å². The van der Waals surface area contributed by atoms with Crippen LogP contribution >= 0.6 is 12.4 Å². The van der Waals surface area contributed by atoms with Gasteiger partial charge in [0.25, 0.3) is 0 Å². The first-order chi connectivity index (χ1) is 6.81. The molecule has 1 atom stereocenters. The van der Waals surface area contributed by atoms with E-state index in [0.29, 0.717) is 12.5 Å². The third-order valence-corrected chi connectivity index (χ3v) is 2.70. The Morgan fingerprint density at radius 2 is 1.73 bits per heavy atom. The molecule has 15 heavy (non-hydrogen) atoms. The average Bonchev–Trinajstić information content (AvgIpc) is 2.27. The van der Waals surface area contributed by atoms with Crippen molar-refractivity contribution in [2.24, 2.45) is 5.73 Å². The summed E-state index contributed by atoms with van der Waals surface area (Å²) >= 11 is 0. The molecule has 2 rings (SSSR count). The molecule has 2 aromatic rings. The smallest absolute Gasteiger partial charge is 0.00109 e. The molecule has 2 heteroatoms. The Hall–Kier alpha value is -1.05. The lowest BCUT2D eigenvalue weighted by Gasteiger charge is -2.09. The molecular weight excluding hydrogens is 206 g/mol. The van der Waals surface area contributed by atoms with Gasteiger partial charge in [-0.15, -0.1) is 12.4 Å². The first-order valence-electron chi connectivity index (χ1n) is 5.00. The van der Waals surface area contributed by atoms with Crippen molar-refractivity contribution >= 4 is 23.2 Å². The molecule has 0 aliphatic heterocycles. The maximum absolute atomic E-state index is 5.65. The molecule has 0 saturated carbocycles. The molecule has 0 aliphatic carbocycles. The summed E-state index contributed by atoms with van der Waals surface area (Å²) in [6.07, 6.45) is 0. The Labute approximate surface area is 96.7 Å². The summed E-state index contributed by atoms with van der Waals surface area (Å²) in [6.45, 7) is 2.86. The molecule has 0 fully saturated rings. The maximum Gasteiger partial charge on any atom is -0.00109 e. The second kappa shape index (κ2) is 5.15. The third kappa shape index (κ3) is 2.49. The number of rotatable bonds is 2. The van der Waals surface area contributed by atoms with Crippen molar-refractivity contribution in [3.05, 3.63) is 48.0 Å². The fourth-order valence-corrected chi connectivity index (χ4v) is 1.65. The van der Waals surface area contributed by atoms with Crippen molar-refractivity contribution < 1.29 is 0 Å². The van der Waals surface area contributed by atoms with Gasteiger partial charge >= 0.3 is 0 Å². The van der Waals surface area contributed by atoms with E-state index in [1.165, 1.54) is 16.3 Å². The summed E-state index contributed by atoms with van der Waals surface area (Å²) < 4.78 is 0. The number of hydrogen-bond acceptors (Lipinski definition) is 1. The minimum Gasteiger partial charge on any atom is -0.330 e. The number of hydrogen-bond donors (Lipinski definition) is 1. The van der Waals surface area contributed by atoms with Gasteiger partial charge in [-0.1, -0.05) is 49.4 Å². The van der Waals surface area contributed by atoms with Gasteiger partial charge in [0, 0.05) is 0 Å².